The van der Waals surface area contributed by atoms with Gasteiger partial charge in [-0.15, -0.1) is 0 Å². The van der Waals surface area contributed by atoms with E-state index in [1.54, 1.807) is 47.4 Å². The van der Waals surface area contributed by atoms with Crippen LogP contribution in [0.1, 0.15) is 12.0 Å². The molecular weight excluding hydrogens is 595 g/mol. The zero-order chi connectivity index (χ0) is 31.2. The highest BCUT2D eigenvalue weighted by molar-refractivity contribution is 6.32. The third kappa shape index (κ3) is 7.29. The Balaban J connectivity index is 1.23. The number of methoxy groups -OCH3 is 1. The molecule has 13 heteroatoms. The molecule has 0 amide bonds. The predicted molar refractivity (Wildman–Crippen MR) is 162 cm³/mol. The van der Waals surface area contributed by atoms with Crippen molar-refractivity contribution in [2.24, 2.45) is 0 Å². The van der Waals surface area contributed by atoms with Crippen LogP contribution in [0.25, 0.3) is 10.9 Å². The van der Waals surface area contributed by atoms with Gasteiger partial charge in [-0.05, 0) is 48.4 Å². The molecule has 2 heterocycles. The molecule has 234 valence electrons. The number of aliphatic hydroxyl groups is 4. The maximum Gasteiger partial charge on any atom is 0.163 e. The van der Waals surface area contributed by atoms with Crippen LogP contribution in [0, 0.1) is 5.82 Å². The second-order valence-corrected chi connectivity index (χ2v) is 10.8. The molecule has 4 atom stereocenters. The molecule has 0 aliphatic carbocycles. The number of anilines is 2. The van der Waals surface area contributed by atoms with E-state index in [9.17, 15) is 24.8 Å². The van der Waals surface area contributed by atoms with Crippen molar-refractivity contribution in [3.63, 3.8) is 0 Å². The molecule has 11 nitrogen and oxygen atoms in total. The first-order valence-corrected chi connectivity index (χ1v) is 14.4. The lowest BCUT2D eigenvalue weighted by molar-refractivity contribution is -0.145. The highest BCUT2D eigenvalue weighted by atomic mass is 35.5. The number of rotatable bonds is 12. The van der Waals surface area contributed by atoms with Crippen LogP contribution in [-0.4, -0.2) is 93.1 Å². The van der Waals surface area contributed by atoms with E-state index in [1.165, 1.54) is 25.6 Å². The molecule has 5 rings (SSSR count). The molecule has 3 aromatic carbocycles. The van der Waals surface area contributed by atoms with E-state index in [0.29, 0.717) is 63.2 Å². The molecule has 1 fully saturated rings. The molecule has 0 unspecified atom stereocenters. The Morgan fingerprint density at radius 1 is 1.00 bits per heavy atom. The van der Waals surface area contributed by atoms with Crippen molar-refractivity contribution in [1.82, 2.24) is 14.9 Å². The van der Waals surface area contributed by atoms with Gasteiger partial charge in [0, 0.05) is 30.2 Å². The van der Waals surface area contributed by atoms with Crippen molar-refractivity contribution in [2.45, 2.75) is 37.4 Å². The number of β-amino-alcohol motifs (C(OH)–C–C–N with tert-alkyl or cyclic N) is 1. The van der Waals surface area contributed by atoms with Crippen molar-refractivity contribution < 1.29 is 39.0 Å². The van der Waals surface area contributed by atoms with Gasteiger partial charge in [0.1, 0.15) is 42.5 Å². The summed E-state index contributed by atoms with van der Waals surface area (Å²) in [5.41, 5.74) is 1.95. The van der Waals surface area contributed by atoms with Crippen LogP contribution in [0.3, 0.4) is 0 Å². The Morgan fingerprint density at radius 3 is 2.59 bits per heavy atom. The number of halogens is 2. The predicted octanol–water partition coefficient (Wildman–Crippen LogP) is 3.28. The third-order valence-corrected chi connectivity index (χ3v) is 7.76. The molecule has 0 spiro atoms. The number of ether oxygens (including phenoxy) is 3. The summed E-state index contributed by atoms with van der Waals surface area (Å²) < 4.78 is 30.8. The summed E-state index contributed by atoms with van der Waals surface area (Å²) in [6.07, 6.45) is -1.71. The molecule has 4 aromatic rings. The first kappa shape index (κ1) is 31.6. The van der Waals surface area contributed by atoms with Gasteiger partial charge in [0.25, 0.3) is 0 Å². The Bertz CT molecular complexity index is 1580. The SMILES string of the molecule is COc1cc2c(Nc3ccc(OCc4cccc(F)c4)c(Cl)c3)ncnc2cc1OCCCN1C[C@H](O)[C@@H](O)[C@H](O)[C@H]1CO. The molecule has 1 aliphatic heterocycles. The van der Waals surface area contributed by atoms with Gasteiger partial charge in [0.2, 0.25) is 0 Å². The smallest absolute Gasteiger partial charge is 0.163 e. The Morgan fingerprint density at radius 2 is 1.84 bits per heavy atom. The average molecular weight is 629 g/mol. The summed E-state index contributed by atoms with van der Waals surface area (Å²) in [5, 5.41) is 44.1. The minimum Gasteiger partial charge on any atom is -0.493 e. The minimum atomic E-state index is -1.30. The fourth-order valence-corrected chi connectivity index (χ4v) is 5.38. The molecule has 1 aliphatic rings. The molecule has 5 N–H and O–H groups in total. The number of nitrogens with zero attached hydrogens (tertiary/aromatic N) is 3. The summed E-state index contributed by atoms with van der Waals surface area (Å²) >= 11 is 6.47. The fraction of sp³-hybridized carbons (Fsp3) is 0.355. The van der Waals surface area contributed by atoms with E-state index < -0.39 is 24.4 Å². The van der Waals surface area contributed by atoms with Crippen LogP contribution in [-0.2, 0) is 6.61 Å². The van der Waals surface area contributed by atoms with Crippen molar-refractivity contribution in [2.75, 3.05) is 38.7 Å². The lowest BCUT2D eigenvalue weighted by atomic mass is 9.94. The van der Waals surface area contributed by atoms with Crippen LogP contribution in [0.5, 0.6) is 17.2 Å². The number of hydrogen-bond donors (Lipinski definition) is 5. The highest BCUT2D eigenvalue weighted by Gasteiger charge is 2.40. The van der Waals surface area contributed by atoms with E-state index in [-0.39, 0.29) is 32.2 Å². The van der Waals surface area contributed by atoms with Crippen molar-refractivity contribution in [1.29, 1.82) is 0 Å². The lowest BCUT2D eigenvalue weighted by Gasteiger charge is -2.43. The van der Waals surface area contributed by atoms with Gasteiger partial charge >= 0.3 is 0 Å². The van der Waals surface area contributed by atoms with Gasteiger partial charge in [-0.2, -0.15) is 0 Å². The topological polar surface area (TPSA) is 150 Å². The van der Waals surface area contributed by atoms with Gasteiger partial charge in [-0.25, -0.2) is 14.4 Å². The standard InChI is InChI=1S/C31H34ClFN4O7/c1-42-27-12-21-23(13-28(27)43-9-3-8-37-14-25(39)30(41)29(40)24(37)15-38)34-17-35-31(21)36-20-6-7-26(22(32)11-20)44-16-18-4-2-5-19(33)10-18/h2,4-7,10-13,17,24-25,29-30,38-41H,3,8-9,14-16H2,1H3,(H,34,35,36)/t24-,25+,29-,30-/m1/s1. The number of benzene rings is 3. The number of aromatic nitrogens is 2. The maximum atomic E-state index is 13.5. The monoisotopic (exact) mass is 628 g/mol. The van der Waals surface area contributed by atoms with Crippen LogP contribution in [0.4, 0.5) is 15.9 Å². The Hall–Kier alpha value is -3.78. The number of likely N-dealkylation sites (tertiary alicyclic amines) is 1. The summed E-state index contributed by atoms with van der Waals surface area (Å²) in [5.74, 6) is 1.58. The van der Waals surface area contributed by atoms with Crippen LogP contribution in [0.15, 0.2) is 60.9 Å². The largest absolute Gasteiger partial charge is 0.493 e. The first-order chi connectivity index (χ1) is 21.3. The summed E-state index contributed by atoms with van der Waals surface area (Å²) in [6, 6.07) is 14.2. The first-order valence-electron chi connectivity index (χ1n) is 14.1. The maximum absolute atomic E-state index is 13.5. The quantitative estimate of drug-likeness (QED) is 0.147. The second kappa shape index (κ2) is 14.3. The van der Waals surface area contributed by atoms with Gasteiger partial charge < -0.3 is 40.0 Å². The molecule has 0 radical (unpaired) electrons. The van der Waals surface area contributed by atoms with E-state index in [4.69, 9.17) is 25.8 Å². The Labute approximate surface area is 258 Å². The van der Waals surface area contributed by atoms with Crippen molar-refractivity contribution >= 4 is 34.0 Å². The summed E-state index contributed by atoms with van der Waals surface area (Å²) in [6.45, 7) is 0.665. The molecule has 0 saturated carbocycles. The van der Waals surface area contributed by atoms with Gasteiger partial charge in [0.15, 0.2) is 11.5 Å². The number of fused-ring (bicyclic) bond motifs is 1. The van der Waals surface area contributed by atoms with Crippen molar-refractivity contribution in [3.8, 4) is 17.2 Å². The van der Waals surface area contributed by atoms with Gasteiger partial charge in [-0.1, -0.05) is 23.7 Å². The summed E-state index contributed by atoms with van der Waals surface area (Å²) in [4.78, 5) is 10.5. The molecule has 0 bridgehead atoms. The number of hydrogen-bond acceptors (Lipinski definition) is 11. The van der Waals surface area contributed by atoms with Crippen LogP contribution in [0.2, 0.25) is 5.02 Å². The normalized spacial score (nSPS) is 20.4. The Kier molecular flexibility index (Phi) is 10.3. The van der Waals surface area contributed by atoms with E-state index in [1.807, 2.05) is 0 Å². The van der Waals surface area contributed by atoms with Gasteiger partial charge in [-0.3, -0.25) is 4.90 Å². The summed E-state index contributed by atoms with van der Waals surface area (Å²) in [7, 11) is 1.53. The average Bonchev–Trinajstić information content (AvgIpc) is 3.01. The number of piperidine rings is 1. The van der Waals surface area contributed by atoms with Crippen molar-refractivity contribution in [3.05, 3.63) is 77.3 Å². The van der Waals surface area contributed by atoms with E-state index in [2.05, 4.69) is 15.3 Å². The molecule has 44 heavy (non-hydrogen) atoms. The van der Waals surface area contributed by atoms with Gasteiger partial charge in [0.05, 0.1) is 43.0 Å². The number of aliphatic hydroxyl groups excluding tert-OH is 4. The highest BCUT2D eigenvalue weighted by Crippen LogP contribution is 2.36. The molecule has 1 aromatic heterocycles. The van der Waals surface area contributed by atoms with Crippen LogP contribution >= 0.6 is 11.6 Å². The zero-order valence-corrected chi connectivity index (χ0v) is 24.7. The number of nitrogens with one attached hydrogen (secondary N) is 1. The van der Waals surface area contributed by atoms with Crippen LogP contribution < -0.4 is 19.5 Å². The zero-order valence-electron chi connectivity index (χ0n) is 23.9. The second-order valence-electron chi connectivity index (χ2n) is 10.4. The van der Waals surface area contributed by atoms with E-state index >= 15 is 0 Å². The lowest BCUT2D eigenvalue weighted by Crippen LogP contribution is -2.62. The third-order valence-electron chi connectivity index (χ3n) is 7.46. The minimum absolute atomic E-state index is 0.130. The molecule has 1 saturated heterocycles. The fourth-order valence-electron chi connectivity index (χ4n) is 5.14. The molecular formula is C31H34ClFN4O7. The van der Waals surface area contributed by atoms with E-state index in [0.717, 1.165) is 0 Å².